The van der Waals surface area contributed by atoms with E-state index in [-0.39, 0.29) is 23.6 Å². The number of nitrogens with zero attached hydrogens (tertiary/aromatic N) is 1. The number of hydrogen-bond acceptors (Lipinski definition) is 3. The van der Waals surface area contributed by atoms with E-state index in [0.717, 1.165) is 25.7 Å². The summed E-state index contributed by atoms with van der Waals surface area (Å²) in [7, 11) is 0. The topological polar surface area (TPSA) is 71.1 Å². The van der Waals surface area contributed by atoms with Gasteiger partial charge in [0.1, 0.15) is 11.7 Å². The third-order valence-electron chi connectivity index (χ3n) is 3.99. The zero-order valence-corrected chi connectivity index (χ0v) is 14.4. The first kappa shape index (κ1) is 17.7. The minimum absolute atomic E-state index is 0.110. The van der Waals surface area contributed by atoms with Crippen LogP contribution in [0.25, 0.3) is 0 Å². The molecule has 0 aliphatic heterocycles. The monoisotopic (exact) mass is 337 g/mol. The number of pyridine rings is 1. The lowest BCUT2D eigenvalue weighted by Gasteiger charge is -2.22. The van der Waals surface area contributed by atoms with Crippen LogP contribution in [0.5, 0.6) is 0 Å². The van der Waals surface area contributed by atoms with E-state index >= 15 is 0 Å². The van der Waals surface area contributed by atoms with Gasteiger partial charge in [0, 0.05) is 17.3 Å². The molecule has 6 heteroatoms. The summed E-state index contributed by atoms with van der Waals surface area (Å²) in [5.74, 6) is -0.192. The molecule has 1 saturated carbocycles. The van der Waals surface area contributed by atoms with Gasteiger partial charge in [-0.3, -0.25) is 14.6 Å². The van der Waals surface area contributed by atoms with E-state index < -0.39 is 6.04 Å². The fourth-order valence-corrected chi connectivity index (χ4v) is 3.00. The van der Waals surface area contributed by atoms with Crippen LogP contribution in [0.15, 0.2) is 18.3 Å². The zero-order valence-electron chi connectivity index (χ0n) is 13.6. The molecule has 1 atom stereocenters. The second-order valence-electron chi connectivity index (χ2n) is 6.50. The molecule has 1 aromatic heterocycles. The van der Waals surface area contributed by atoms with Gasteiger partial charge in [-0.2, -0.15) is 0 Å². The van der Waals surface area contributed by atoms with Crippen molar-refractivity contribution >= 4 is 23.4 Å². The maximum absolute atomic E-state index is 12.5. The normalized spacial score (nSPS) is 16.3. The van der Waals surface area contributed by atoms with Gasteiger partial charge < -0.3 is 10.6 Å². The third-order valence-corrected chi connectivity index (χ3v) is 4.22. The Morgan fingerprint density at radius 2 is 2.04 bits per heavy atom. The summed E-state index contributed by atoms with van der Waals surface area (Å²) in [6, 6.07) is 2.79. The van der Waals surface area contributed by atoms with Crippen molar-refractivity contribution < 1.29 is 9.59 Å². The fourth-order valence-electron chi connectivity index (χ4n) is 2.84. The number of amides is 2. The molecule has 0 spiro atoms. The van der Waals surface area contributed by atoms with E-state index in [1.807, 2.05) is 13.8 Å². The highest BCUT2D eigenvalue weighted by molar-refractivity contribution is 6.30. The highest BCUT2D eigenvalue weighted by atomic mass is 35.5. The van der Waals surface area contributed by atoms with Crippen LogP contribution in [0.4, 0.5) is 0 Å². The van der Waals surface area contributed by atoms with Crippen LogP contribution in [0.2, 0.25) is 5.02 Å². The minimum Gasteiger partial charge on any atom is -0.352 e. The summed E-state index contributed by atoms with van der Waals surface area (Å²) in [5, 5.41) is 6.29. The Hall–Kier alpha value is -1.62. The standard InChI is InChI=1S/C17H24ClN3O2/c1-11(2)9-15(17(23)20-13-5-3-4-6-13)21-16(22)14-10-12(18)7-8-19-14/h7-8,10-11,13,15H,3-6,9H2,1-2H3,(H,20,23)(H,21,22). The molecular weight excluding hydrogens is 314 g/mol. The molecule has 1 unspecified atom stereocenters. The first-order valence-electron chi connectivity index (χ1n) is 8.18. The Balaban J connectivity index is 2.02. The summed E-state index contributed by atoms with van der Waals surface area (Å²) in [5.41, 5.74) is 0.222. The van der Waals surface area contributed by atoms with Crippen LogP contribution >= 0.6 is 11.6 Å². The molecule has 0 saturated heterocycles. The van der Waals surface area contributed by atoms with Gasteiger partial charge in [-0.25, -0.2) is 0 Å². The van der Waals surface area contributed by atoms with Gasteiger partial charge in [0.05, 0.1) is 0 Å². The quantitative estimate of drug-likeness (QED) is 0.838. The van der Waals surface area contributed by atoms with Crippen LogP contribution < -0.4 is 10.6 Å². The van der Waals surface area contributed by atoms with Crippen LogP contribution in [-0.2, 0) is 4.79 Å². The van der Waals surface area contributed by atoms with Crippen molar-refractivity contribution in [3.05, 3.63) is 29.0 Å². The minimum atomic E-state index is -0.552. The van der Waals surface area contributed by atoms with E-state index in [0.29, 0.717) is 17.4 Å². The number of aromatic nitrogens is 1. The second kappa shape index (κ2) is 8.29. The van der Waals surface area contributed by atoms with Gasteiger partial charge in [0.15, 0.2) is 0 Å². The molecule has 1 fully saturated rings. The van der Waals surface area contributed by atoms with Crippen molar-refractivity contribution in [2.75, 3.05) is 0 Å². The molecule has 5 nitrogen and oxygen atoms in total. The number of carbonyl (C=O) groups excluding carboxylic acids is 2. The zero-order chi connectivity index (χ0) is 16.8. The molecule has 0 aromatic carbocycles. The Labute approximate surface area is 142 Å². The highest BCUT2D eigenvalue weighted by Gasteiger charge is 2.26. The average Bonchev–Trinajstić information content (AvgIpc) is 2.99. The van der Waals surface area contributed by atoms with Gasteiger partial charge >= 0.3 is 0 Å². The first-order chi connectivity index (χ1) is 11.0. The predicted molar refractivity (Wildman–Crippen MR) is 90.4 cm³/mol. The molecule has 1 aromatic rings. The number of halogens is 1. The van der Waals surface area contributed by atoms with Gasteiger partial charge in [-0.1, -0.05) is 38.3 Å². The SMILES string of the molecule is CC(C)CC(NC(=O)c1cc(Cl)ccn1)C(=O)NC1CCCC1. The van der Waals surface area contributed by atoms with Gasteiger partial charge in [0.25, 0.3) is 5.91 Å². The Bertz CT molecular complexity index is 557. The summed E-state index contributed by atoms with van der Waals surface area (Å²) < 4.78 is 0. The molecule has 23 heavy (non-hydrogen) atoms. The molecule has 0 bridgehead atoms. The number of nitrogens with one attached hydrogen (secondary N) is 2. The van der Waals surface area contributed by atoms with E-state index in [1.54, 1.807) is 6.07 Å². The van der Waals surface area contributed by atoms with Crippen molar-refractivity contribution in [1.82, 2.24) is 15.6 Å². The first-order valence-corrected chi connectivity index (χ1v) is 8.56. The highest BCUT2D eigenvalue weighted by Crippen LogP contribution is 2.18. The van der Waals surface area contributed by atoms with E-state index in [9.17, 15) is 9.59 Å². The summed E-state index contributed by atoms with van der Waals surface area (Å²) >= 11 is 5.89. The Kier molecular flexibility index (Phi) is 6.39. The molecule has 2 amide bonds. The lowest BCUT2D eigenvalue weighted by molar-refractivity contribution is -0.124. The van der Waals surface area contributed by atoms with Crippen LogP contribution in [0.1, 0.15) is 56.4 Å². The molecule has 126 valence electrons. The fraction of sp³-hybridized carbons (Fsp3) is 0.588. The maximum atomic E-state index is 12.5. The Morgan fingerprint density at radius 3 is 2.65 bits per heavy atom. The smallest absolute Gasteiger partial charge is 0.270 e. The van der Waals surface area contributed by atoms with E-state index in [1.165, 1.54) is 12.3 Å². The molecule has 2 N–H and O–H groups in total. The van der Waals surface area contributed by atoms with Crippen molar-refractivity contribution in [2.24, 2.45) is 5.92 Å². The predicted octanol–water partition coefficient (Wildman–Crippen LogP) is 2.94. The number of rotatable bonds is 6. The lowest BCUT2D eigenvalue weighted by atomic mass is 10.0. The van der Waals surface area contributed by atoms with Gasteiger partial charge in [-0.15, -0.1) is 0 Å². The summed E-state index contributed by atoms with van der Waals surface area (Å²) in [6.07, 6.45) is 6.41. The molecule has 1 heterocycles. The molecule has 1 aliphatic rings. The lowest BCUT2D eigenvalue weighted by Crippen LogP contribution is -2.49. The van der Waals surface area contributed by atoms with Crippen molar-refractivity contribution in [3.63, 3.8) is 0 Å². The molecule has 2 rings (SSSR count). The van der Waals surface area contributed by atoms with Crippen LogP contribution in [-0.4, -0.2) is 28.9 Å². The van der Waals surface area contributed by atoms with Gasteiger partial charge in [0.2, 0.25) is 5.91 Å². The van der Waals surface area contributed by atoms with Gasteiger partial charge in [-0.05, 0) is 37.3 Å². The van der Waals surface area contributed by atoms with E-state index in [4.69, 9.17) is 11.6 Å². The number of hydrogen-bond donors (Lipinski definition) is 2. The van der Waals surface area contributed by atoms with Crippen LogP contribution in [0, 0.1) is 5.92 Å². The van der Waals surface area contributed by atoms with Crippen molar-refractivity contribution in [1.29, 1.82) is 0 Å². The second-order valence-corrected chi connectivity index (χ2v) is 6.94. The summed E-state index contributed by atoms with van der Waals surface area (Å²) in [4.78, 5) is 28.8. The Morgan fingerprint density at radius 1 is 1.35 bits per heavy atom. The molecule has 0 radical (unpaired) electrons. The van der Waals surface area contributed by atoms with Crippen LogP contribution in [0.3, 0.4) is 0 Å². The van der Waals surface area contributed by atoms with Crippen molar-refractivity contribution in [2.45, 2.75) is 58.0 Å². The third kappa shape index (κ3) is 5.50. The maximum Gasteiger partial charge on any atom is 0.270 e. The van der Waals surface area contributed by atoms with Crippen molar-refractivity contribution in [3.8, 4) is 0 Å². The molecule has 1 aliphatic carbocycles. The largest absolute Gasteiger partial charge is 0.352 e. The van der Waals surface area contributed by atoms with E-state index in [2.05, 4.69) is 15.6 Å². The number of carbonyl (C=O) groups is 2. The molecular formula is C17H24ClN3O2. The summed E-state index contributed by atoms with van der Waals surface area (Å²) in [6.45, 7) is 4.05. The average molecular weight is 338 g/mol.